The zero-order valence-corrected chi connectivity index (χ0v) is 10.9. The molecule has 0 spiro atoms. The maximum absolute atomic E-state index is 11.1. The molecule has 0 saturated carbocycles. The molecule has 0 amide bonds. The fourth-order valence-corrected chi connectivity index (χ4v) is 2.31. The fraction of sp³-hybridized carbons (Fsp3) is 0.133. The Morgan fingerprint density at radius 1 is 1.20 bits per heavy atom. The third-order valence-corrected chi connectivity index (χ3v) is 3.27. The number of para-hydroxylation sites is 3. The predicted molar refractivity (Wildman–Crippen MR) is 74.9 cm³/mol. The van der Waals surface area contributed by atoms with Crippen LogP contribution in [0.4, 0.5) is 11.4 Å². The van der Waals surface area contributed by atoms with Crippen LogP contribution in [0, 0.1) is 17.0 Å². The summed E-state index contributed by atoms with van der Waals surface area (Å²) in [6, 6.07) is 12.5. The number of nitro benzene ring substituents is 1. The lowest BCUT2D eigenvalue weighted by Gasteiger charge is -2.15. The summed E-state index contributed by atoms with van der Waals surface area (Å²) in [6.07, 6.45) is 1.88. The van der Waals surface area contributed by atoms with E-state index < -0.39 is 0 Å². The van der Waals surface area contributed by atoms with Crippen LogP contribution >= 0.6 is 0 Å². The number of aryl methyl sites for hydroxylation is 1. The molecule has 2 aromatic rings. The molecule has 0 saturated heterocycles. The second-order valence-corrected chi connectivity index (χ2v) is 4.61. The van der Waals surface area contributed by atoms with Crippen molar-refractivity contribution in [3.05, 3.63) is 63.7 Å². The van der Waals surface area contributed by atoms with Gasteiger partial charge in [0.15, 0.2) is 6.21 Å². The molecule has 0 radical (unpaired) electrons. The van der Waals surface area contributed by atoms with Crippen molar-refractivity contribution in [3.63, 3.8) is 0 Å². The van der Waals surface area contributed by atoms with Crippen LogP contribution in [0.2, 0.25) is 0 Å². The smallest absolute Gasteiger partial charge is 0.340 e. The zero-order valence-electron chi connectivity index (χ0n) is 10.9. The Labute approximate surface area is 115 Å². The van der Waals surface area contributed by atoms with Crippen molar-refractivity contribution >= 4 is 17.6 Å². The number of nitro groups is 1. The first-order valence-corrected chi connectivity index (χ1v) is 6.24. The molecule has 0 aromatic heterocycles. The second kappa shape index (κ2) is 4.77. The Hall–Kier alpha value is -2.69. The molecule has 3 rings (SSSR count). The molecule has 2 aromatic carbocycles. The van der Waals surface area contributed by atoms with Crippen LogP contribution in [-0.4, -0.2) is 22.4 Å². The molecule has 100 valence electrons. The van der Waals surface area contributed by atoms with Crippen molar-refractivity contribution in [1.29, 1.82) is 0 Å². The zero-order chi connectivity index (χ0) is 14.1. The highest BCUT2D eigenvalue weighted by atomic mass is 16.6. The highest BCUT2D eigenvalue weighted by Gasteiger charge is 2.27. The summed E-state index contributed by atoms with van der Waals surface area (Å²) in [5, 5.41) is 11.1. The first-order valence-electron chi connectivity index (χ1n) is 6.24. The fourth-order valence-electron chi connectivity index (χ4n) is 2.31. The van der Waals surface area contributed by atoms with Gasteiger partial charge in [-0.1, -0.05) is 24.3 Å². The molecule has 1 aliphatic rings. The number of fused-ring (bicyclic) bond motifs is 1. The van der Waals surface area contributed by atoms with Crippen LogP contribution in [0.1, 0.15) is 11.1 Å². The number of hydrogen-bond acceptors (Lipinski definition) is 3. The second-order valence-electron chi connectivity index (χ2n) is 4.61. The van der Waals surface area contributed by atoms with Crippen LogP contribution in [0.3, 0.4) is 0 Å². The van der Waals surface area contributed by atoms with Crippen molar-refractivity contribution in [2.24, 2.45) is 0 Å². The van der Waals surface area contributed by atoms with Gasteiger partial charge in [0.2, 0.25) is 0 Å². The van der Waals surface area contributed by atoms with E-state index >= 15 is 0 Å². The number of hydrogen-bond donors (Lipinski definition) is 0. The van der Waals surface area contributed by atoms with E-state index in [2.05, 4.69) is 0 Å². The monoisotopic (exact) mass is 269 g/mol. The van der Waals surface area contributed by atoms with Gasteiger partial charge < -0.3 is 4.74 Å². The standard InChI is InChI=1S/C15H13N2O3/c1-11-5-4-6-12-9-16(10-20-15(11)12)13-7-2-3-8-14(13)17(18)19/h2-9H,10H2,1H3/q+1. The topological polar surface area (TPSA) is 55.4 Å². The summed E-state index contributed by atoms with van der Waals surface area (Å²) in [7, 11) is 0. The number of ether oxygens (including phenoxy) is 1. The normalized spacial score (nSPS) is 13.2. The van der Waals surface area contributed by atoms with E-state index in [0.29, 0.717) is 5.69 Å². The van der Waals surface area contributed by atoms with Gasteiger partial charge in [-0.3, -0.25) is 10.1 Å². The lowest BCUT2D eigenvalue weighted by atomic mass is 10.1. The molecule has 1 aliphatic heterocycles. The third-order valence-electron chi connectivity index (χ3n) is 3.27. The minimum Gasteiger partial charge on any atom is -0.435 e. The molecule has 0 N–H and O–H groups in total. The molecular weight excluding hydrogens is 256 g/mol. The van der Waals surface area contributed by atoms with E-state index in [1.54, 1.807) is 22.8 Å². The Morgan fingerprint density at radius 2 is 2.00 bits per heavy atom. The van der Waals surface area contributed by atoms with Crippen molar-refractivity contribution < 1.29 is 14.2 Å². The van der Waals surface area contributed by atoms with Gasteiger partial charge in [-0.15, -0.1) is 0 Å². The summed E-state index contributed by atoms with van der Waals surface area (Å²) >= 11 is 0. The molecule has 0 bridgehead atoms. The quantitative estimate of drug-likeness (QED) is 0.478. The Kier molecular flexibility index (Phi) is 2.95. The highest BCUT2D eigenvalue weighted by molar-refractivity contribution is 5.82. The minimum atomic E-state index is -0.380. The average Bonchev–Trinajstić information content (AvgIpc) is 2.47. The van der Waals surface area contributed by atoms with E-state index in [1.807, 2.05) is 31.3 Å². The molecule has 0 aliphatic carbocycles. The summed E-state index contributed by atoms with van der Waals surface area (Å²) in [4.78, 5) is 10.7. The van der Waals surface area contributed by atoms with Gasteiger partial charge in [0.1, 0.15) is 5.75 Å². The van der Waals surface area contributed by atoms with Gasteiger partial charge in [0, 0.05) is 12.1 Å². The van der Waals surface area contributed by atoms with E-state index in [1.165, 1.54) is 6.07 Å². The minimum absolute atomic E-state index is 0.0726. The molecule has 20 heavy (non-hydrogen) atoms. The Balaban J connectivity index is 2.11. The lowest BCUT2D eigenvalue weighted by Crippen LogP contribution is -2.21. The molecule has 0 unspecified atom stereocenters. The van der Waals surface area contributed by atoms with E-state index in [-0.39, 0.29) is 17.3 Å². The number of benzene rings is 2. The van der Waals surface area contributed by atoms with Crippen LogP contribution < -0.4 is 4.74 Å². The summed E-state index contributed by atoms with van der Waals surface area (Å²) in [5.74, 6) is 0.835. The van der Waals surface area contributed by atoms with Crippen molar-refractivity contribution in [2.75, 3.05) is 6.73 Å². The van der Waals surface area contributed by atoms with Crippen molar-refractivity contribution in [2.45, 2.75) is 6.92 Å². The largest absolute Gasteiger partial charge is 0.435 e. The molecule has 5 heteroatoms. The molecule has 5 nitrogen and oxygen atoms in total. The summed E-state index contributed by atoms with van der Waals surface area (Å²) < 4.78 is 7.48. The van der Waals surface area contributed by atoms with Crippen molar-refractivity contribution in [3.8, 4) is 5.75 Å². The van der Waals surface area contributed by atoms with Gasteiger partial charge in [0.25, 0.3) is 12.4 Å². The first-order chi connectivity index (χ1) is 9.66. The highest BCUT2D eigenvalue weighted by Crippen LogP contribution is 2.30. The van der Waals surface area contributed by atoms with Gasteiger partial charge in [0.05, 0.1) is 10.5 Å². The van der Waals surface area contributed by atoms with Gasteiger partial charge >= 0.3 is 5.69 Å². The van der Waals surface area contributed by atoms with Gasteiger partial charge in [-0.25, -0.2) is 0 Å². The third kappa shape index (κ3) is 2.03. The van der Waals surface area contributed by atoms with E-state index in [9.17, 15) is 10.1 Å². The van der Waals surface area contributed by atoms with E-state index in [0.717, 1.165) is 16.9 Å². The predicted octanol–water partition coefficient (Wildman–Crippen LogP) is 3.02. The lowest BCUT2D eigenvalue weighted by molar-refractivity contribution is -0.487. The van der Waals surface area contributed by atoms with Gasteiger partial charge in [-0.2, -0.15) is 4.58 Å². The average molecular weight is 269 g/mol. The first kappa shape index (κ1) is 12.3. The van der Waals surface area contributed by atoms with Crippen LogP contribution in [0.15, 0.2) is 42.5 Å². The maximum Gasteiger partial charge on any atom is 0.340 e. The number of nitrogens with zero attached hydrogens (tertiary/aromatic N) is 2. The Morgan fingerprint density at radius 3 is 2.80 bits per heavy atom. The molecular formula is C15H13N2O3+. The Bertz CT molecular complexity index is 723. The molecule has 0 fully saturated rings. The molecule has 0 atom stereocenters. The maximum atomic E-state index is 11.1. The van der Waals surface area contributed by atoms with Crippen LogP contribution in [0.25, 0.3) is 0 Å². The summed E-state index contributed by atoms with van der Waals surface area (Å²) in [6.45, 7) is 2.25. The van der Waals surface area contributed by atoms with Crippen molar-refractivity contribution in [1.82, 2.24) is 0 Å². The molecule has 1 heterocycles. The van der Waals surface area contributed by atoms with E-state index in [4.69, 9.17) is 4.74 Å². The summed E-state index contributed by atoms with van der Waals surface area (Å²) in [5.41, 5.74) is 2.59. The van der Waals surface area contributed by atoms with Gasteiger partial charge in [-0.05, 0) is 18.6 Å². The number of rotatable bonds is 2. The SMILES string of the molecule is Cc1cccc2c1OC[N+](c1ccccc1[N+](=O)[O-])=C2. The van der Waals surface area contributed by atoms with Crippen LogP contribution in [-0.2, 0) is 0 Å². The van der Waals surface area contributed by atoms with Crippen LogP contribution in [0.5, 0.6) is 5.75 Å².